The number of aryl methyl sites for hydroxylation is 2. The Hall–Kier alpha value is -3.03. The van der Waals surface area contributed by atoms with Crippen molar-refractivity contribution in [3.63, 3.8) is 0 Å². The van der Waals surface area contributed by atoms with Gasteiger partial charge in [-0.25, -0.2) is 15.0 Å². The van der Waals surface area contributed by atoms with Gasteiger partial charge in [-0.3, -0.25) is 5.32 Å². The number of anilines is 2. The maximum atomic E-state index is 6.19. The number of nitrogens with one attached hydrogen (secondary N) is 3. The van der Waals surface area contributed by atoms with Gasteiger partial charge in [0.25, 0.3) is 0 Å². The monoisotopic (exact) mass is 424 g/mol. The lowest BCUT2D eigenvalue weighted by atomic mass is 10.2. The first-order valence-corrected chi connectivity index (χ1v) is 9.78. The van der Waals surface area contributed by atoms with Crippen molar-refractivity contribution in [3.8, 4) is 0 Å². The number of rotatable bonds is 4. The summed E-state index contributed by atoms with van der Waals surface area (Å²) in [5, 5.41) is 10.2. The lowest BCUT2D eigenvalue weighted by molar-refractivity contribution is 1.03. The van der Waals surface area contributed by atoms with Crippen LogP contribution >= 0.6 is 23.8 Å². The quantitative estimate of drug-likeness (QED) is 0.320. The van der Waals surface area contributed by atoms with E-state index >= 15 is 0 Å². The minimum atomic E-state index is 0.349. The first kappa shape index (κ1) is 20.7. The molecule has 0 bridgehead atoms. The highest BCUT2D eigenvalue weighted by Crippen LogP contribution is 2.20. The van der Waals surface area contributed by atoms with Crippen LogP contribution in [0.5, 0.6) is 0 Å². The van der Waals surface area contributed by atoms with Crippen molar-refractivity contribution >= 4 is 46.5 Å². The van der Waals surface area contributed by atoms with Gasteiger partial charge in [0.2, 0.25) is 11.9 Å². The summed E-state index contributed by atoms with van der Waals surface area (Å²) in [7, 11) is 0. The third kappa shape index (κ3) is 6.51. The maximum absolute atomic E-state index is 6.19. The van der Waals surface area contributed by atoms with Crippen LogP contribution in [0.2, 0.25) is 5.02 Å². The normalized spacial score (nSPS) is 11.1. The Kier molecular flexibility index (Phi) is 7.10. The molecule has 0 amide bonds. The predicted molar refractivity (Wildman–Crippen MR) is 124 cm³/mol. The fraction of sp³-hybridized carbons (Fsp3) is 0.143. The van der Waals surface area contributed by atoms with Crippen LogP contribution in [-0.4, -0.2) is 21.0 Å². The van der Waals surface area contributed by atoms with Crippen LogP contribution < -0.4 is 16.0 Å². The molecule has 6 nitrogen and oxygen atoms in total. The molecule has 2 aromatic carbocycles. The smallest absolute Gasteiger partial charge is 0.229 e. The molecule has 8 heteroatoms. The Bertz CT molecular complexity index is 1000. The zero-order chi connectivity index (χ0) is 20.6. The van der Waals surface area contributed by atoms with Gasteiger partial charge < -0.3 is 10.6 Å². The van der Waals surface area contributed by atoms with Crippen LogP contribution in [-0.2, 0) is 6.54 Å². The van der Waals surface area contributed by atoms with Crippen molar-refractivity contribution in [1.82, 2.24) is 15.3 Å². The number of aliphatic imine (C=N–C) groups is 1. The summed E-state index contributed by atoms with van der Waals surface area (Å²) in [6.45, 7) is 4.30. The van der Waals surface area contributed by atoms with Crippen molar-refractivity contribution < 1.29 is 0 Å². The summed E-state index contributed by atoms with van der Waals surface area (Å²) in [5.41, 5.74) is 3.50. The molecule has 0 aliphatic carbocycles. The molecule has 29 heavy (non-hydrogen) atoms. The summed E-state index contributed by atoms with van der Waals surface area (Å²) in [4.78, 5) is 13.4. The highest BCUT2D eigenvalue weighted by atomic mass is 35.5. The summed E-state index contributed by atoms with van der Waals surface area (Å²) >= 11 is 11.6. The highest BCUT2D eigenvalue weighted by molar-refractivity contribution is 7.80. The molecule has 0 unspecified atom stereocenters. The van der Waals surface area contributed by atoms with Crippen LogP contribution in [0.4, 0.5) is 11.6 Å². The van der Waals surface area contributed by atoms with Crippen molar-refractivity contribution in [2.75, 3.05) is 10.6 Å². The number of nitrogens with zero attached hydrogens (tertiary/aromatic N) is 3. The van der Waals surface area contributed by atoms with Crippen molar-refractivity contribution in [3.05, 3.63) is 82.6 Å². The highest BCUT2D eigenvalue weighted by Gasteiger charge is 2.08. The van der Waals surface area contributed by atoms with E-state index in [1.165, 1.54) is 0 Å². The van der Waals surface area contributed by atoms with Crippen molar-refractivity contribution in [1.29, 1.82) is 0 Å². The molecule has 0 fully saturated rings. The van der Waals surface area contributed by atoms with Gasteiger partial charge in [-0.2, -0.15) is 0 Å². The fourth-order valence-corrected chi connectivity index (χ4v) is 2.97. The number of hydrogen-bond donors (Lipinski definition) is 3. The average molecular weight is 425 g/mol. The molecular weight excluding hydrogens is 404 g/mol. The summed E-state index contributed by atoms with van der Waals surface area (Å²) in [5.74, 6) is 0.880. The molecule has 0 aliphatic rings. The van der Waals surface area contributed by atoms with Gasteiger partial charge in [0.05, 0.1) is 17.3 Å². The van der Waals surface area contributed by atoms with Crippen LogP contribution in [0.1, 0.15) is 17.0 Å². The fourth-order valence-electron chi connectivity index (χ4n) is 2.58. The first-order chi connectivity index (χ1) is 14.0. The van der Waals surface area contributed by atoms with E-state index in [0.29, 0.717) is 34.3 Å². The van der Waals surface area contributed by atoms with E-state index in [1.807, 2.05) is 68.4 Å². The molecule has 0 radical (unpaired) electrons. The Morgan fingerprint density at radius 2 is 1.62 bits per heavy atom. The molecule has 0 spiro atoms. The third-order valence-corrected chi connectivity index (χ3v) is 4.36. The predicted octanol–water partition coefficient (Wildman–Crippen LogP) is 4.70. The maximum Gasteiger partial charge on any atom is 0.229 e. The second kappa shape index (κ2) is 9.95. The van der Waals surface area contributed by atoms with Crippen LogP contribution in [0.25, 0.3) is 0 Å². The molecule has 0 aliphatic heterocycles. The standard InChI is InChI=1S/C21H21ClN6S/c1-14-12-15(2)25-20(24-14)27-19(23-13-16-8-4-3-5-9-16)28-21(29)26-18-11-7-6-10-17(18)22/h3-12H,13H2,1-2H3,(H3,23,24,25,26,27,28,29). The number of benzene rings is 2. The SMILES string of the molecule is Cc1cc(C)nc(NC(=NCc2ccccc2)NC(=S)Nc2ccccc2Cl)n1. The Labute approximate surface area is 180 Å². The number of guanidine groups is 1. The Morgan fingerprint density at radius 3 is 2.31 bits per heavy atom. The molecule has 3 rings (SSSR count). The molecule has 148 valence electrons. The van der Waals surface area contributed by atoms with E-state index in [-0.39, 0.29) is 0 Å². The molecule has 3 N–H and O–H groups in total. The van der Waals surface area contributed by atoms with Crippen LogP contribution in [0, 0.1) is 13.8 Å². The summed E-state index contributed by atoms with van der Waals surface area (Å²) in [6, 6.07) is 19.2. The van der Waals surface area contributed by atoms with E-state index in [4.69, 9.17) is 23.8 Å². The topological polar surface area (TPSA) is 74.2 Å². The molecule has 0 saturated heterocycles. The van der Waals surface area contributed by atoms with E-state index in [0.717, 1.165) is 17.0 Å². The van der Waals surface area contributed by atoms with Gasteiger partial charge in [0, 0.05) is 11.4 Å². The van der Waals surface area contributed by atoms with E-state index in [2.05, 4.69) is 30.9 Å². The van der Waals surface area contributed by atoms with Gasteiger partial charge in [-0.05, 0) is 49.8 Å². The van der Waals surface area contributed by atoms with E-state index < -0.39 is 0 Å². The minimum absolute atomic E-state index is 0.349. The Balaban J connectivity index is 1.77. The van der Waals surface area contributed by atoms with Gasteiger partial charge in [0.15, 0.2) is 5.11 Å². The Morgan fingerprint density at radius 1 is 0.966 bits per heavy atom. The summed E-state index contributed by atoms with van der Waals surface area (Å²) in [6.07, 6.45) is 0. The largest absolute Gasteiger partial charge is 0.331 e. The second-order valence-corrected chi connectivity index (χ2v) is 7.12. The van der Waals surface area contributed by atoms with Gasteiger partial charge in [0.1, 0.15) is 0 Å². The molecule has 1 heterocycles. The number of hydrogen-bond acceptors (Lipinski definition) is 4. The zero-order valence-corrected chi connectivity index (χ0v) is 17.7. The van der Waals surface area contributed by atoms with Crippen LogP contribution in [0.15, 0.2) is 65.7 Å². The lowest BCUT2D eigenvalue weighted by Crippen LogP contribution is -2.39. The molecule has 1 aromatic heterocycles. The van der Waals surface area contributed by atoms with Gasteiger partial charge in [-0.15, -0.1) is 0 Å². The first-order valence-electron chi connectivity index (χ1n) is 9.00. The summed E-state index contributed by atoms with van der Waals surface area (Å²) < 4.78 is 0. The molecule has 0 saturated carbocycles. The number of thiocarbonyl (C=S) groups is 1. The van der Waals surface area contributed by atoms with Crippen molar-refractivity contribution in [2.45, 2.75) is 20.4 Å². The number of halogens is 1. The second-order valence-electron chi connectivity index (χ2n) is 6.31. The average Bonchev–Trinajstić information content (AvgIpc) is 2.68. The van der Waals surface area contributed by atoms with Crippen molar-refractivity contribution in [2.24, 2.45) is 4.99 Å². The molecule has 3 aromatic rings. The van der Waals surface area contributed by atoms with E-state index in [1.54, 1.807) is 6.07 Å². The number of para-hydroxylation sites is 1. The lowest BCUT2D eigenvalue weighted by Gasteiger charge is -2.15. The number of aromatic nitrogens is 2. The minimum Gasteiger partial charge on any atom is -0.331 e. The van der Waals surface area contributed by atoms with E-state index in [9.17, 15) is 0 Å². The van der Waals surface area contributed by atoms with Gasteiger partial charge in [-0.1, -0.05) is 54.1 Å². The van der Waals surface area contributed by atoms with Crippen LogP contribution in [0.3, 0.4) is 0 Å². The zero-order valence-electron chi connectivity index (χ0n) is 16.1. The molecular formula is C21H21ClN6S. The third-order valence-electron chi connectivity index (χ3n) is 3.83. The molecule has 0 atom stereocenters. The van der Waals surface area contributed by atoms with Gasteiger partial charge >= 0.3 is 0 Å².